The van der Waals surface area contributed by atoms with Gasteiger partial charge in [-0.1, -0.05) is 35.9 Å². The minimum Gasteiger partial charge on any atom is -0.375 e. The zero-order chi connectivity index (χ0) is 13.5. The molecule has 0 unspecified atom stereocenters. The number of hydrogen-bond donors (Lipinski definition) is 1. The largest absolute Gasteiger partial charge is 0.375 e. The molecule has 0 fully saturated rings. The third-order valence-corrected chi connectivity index (χ3v) is 3.10. The fraction of sp³-hybridized carbons (Fsp3) is 0.267. The molecule has 1 N–H and O–H groups in total. The number of anilines is 2. The topological polar surface area (TPSA) is 28.2 Å². The highest BCUT2D eigenvalue weighted by atomic mass is 35.5. The number of rotatable bonds is 6. The van der Waals surface area contributed by atoms with Crippen molar-refractivity contribution in [1.82, 2.24) is 4.98 Å². The highest BCUT2D eigenvalue weighted by molar-refractivity contribution is 6.29. The Morgan fingerprint density at radius 2 is 1.89 bits per heavy atom. The summed E-state index contributed by atoms with van der Waals surface area (Å²) >= 11 is 5.83. The van der Waals surface area contributed by atoms with Crippen LogP contribution >= 0.6 is 11.6 Å². The molecule has 0 bridgehead atoms. The highest BCUT2D eigenvalue weighted by Gasteiger charge is 1.99. The van der Waals surface area contributed by atoms with Gasteiger partial charge in [0.2, 0.25) is 0 Å². The predicted molar refractivity (Wildman–Crippen MR) is 82.1 cm³/mol. The molecule has 0 aliphatic rings. The van der Waals surface area contributed by atoms with E-state index in [-0.39, 0.29) is 0 Å². The summed E-state index contributed by atoms with van der Waals surface area (Å²) in [6.07, 6.45) is 1.04. The Labute approximate surface area is 119 Å². The molecule has 0 atom stereocenters. The third kappa shape index (κ3) is 4.45. The Morgan fingerprint density at radius 3 is 2.63 bits per heavy atom. The highest BCUT2D eigenvalue weighted by Crippen LogP contribution is 2.12. The quantitative estimate of drug-likeness (QED) is 0.644. The van der Waals surface area contributed by atoms with Gasteiger partial charge in [0.05, 0.1) is 0 Å². The van der Waals surface area contributed by atoms with Crippen molar-refractivity contribution in [3.63, 3.8) is 0 Å². The van der Waals surface area contributed by atoms with Gasteiger partial charge in [0.25, 0.3) is 0 Å². The predicted octanol–water partition coefficient (Wildman–Crippen LogP) is 3.67. The molecule has 0 aliphatic carbocycles. The van der Waals surface area contributed by atoms with Crippen LogP contribution in [0.25, 0.3) is 0 Å². The standard InChI is InChI=1S/C15H18ClN3/c1-19(13-7-3-2-4-8-13)12-6-11-17-15-10-5-9-14(16)18-15/h2-5,7-10H,6,11-12H2,1H3,(H,17,18). The molecule has 1 aromatic heterocycles. The molecule has 0 aliphatic heterocycles. The van der Waals surface area contributed by atoms with E-state index in [1.165, 1.54) is 5.69 Å². The summed E-state index contributed by atoms with van der Waals surface area (Å²) < 4.78 is 0. The number of nitrogens with zero attached hydrogens (tertiary/aromatic N) is 2. The van der Waals surface area contributed by atoms with E-state index in [0.717, 1.165) is 25.3 Å². The first-order valence-corrected chi connectivity index (χ1v) is 6.76. The molecule has 0 amide bonds. The van der Waals surface area contributed by atoms with Crippen molar-refractivity contribution >= 4 is 23.1 Å². The minimum absolute atomic E-state index is 0.520. The number of halogens is 1. The molecule has 0 radical (unpaired) electrons. The number of pyridine rings is 1. The Morgan fingerprint density at radius 1 is 1.11 bits per heavy atom. The SMILES string of the molecule is CN(CCCNc1cccc(Cl)n1)c1ccccc1. The van der Waals surface area contributed by atoms with Crippen molar-refractivity contribution < 1.29 is 0 Å². The minimum atomic E-state index is 0.520. The van der Waals surface area contributed by atoms with Gasteiger partial charge in [0.15, 0.2) is 0 Å². The average molecular weight is 276 g/mol. The maximum Gasteiger partial charge on any atom is 0.131 e. The summed E-state index contributed by atoms with van der Waals surface area (Å²) in [5.74, 6) is 0.829. The van der Waals surface area contributed by atoms with Gasteiger partial charge < -0.3 is 10.2 Å². The summed E-state index contributed by atoms with van der Waals surface area (Å²) in [7, 11) is 2.10. The number of hydrogen-bond acceptors (Lipinski definition) is 3. The first kappa shape index (κ1) is 13.7. The molecule has 1 aromatic carbocycles. The van der Waals surface area contributed by atoms with Crippen molar-refractivity contribution in [2.75, 3.05) is 30.4 Å². The molecule has 2 aromatic rings. The van der Waals surface area contributed by atoms with Crippen LogP contribution in [0.5, 0.6) is 0 Å². The van der Waals surface area contributed by atoms with Crippen LogP contribution in [0, 0.1) is 0 Å². The molecule has 0 saturated heterocycles. The number of aromatic nitrogens is 1. The van der Waals surface area contributed by atoms with E-state index >= 15 is 0 Å². The zero-order valence-corrected chi connectivity index (χ0v) is 11.8. The maximum atomic E-state index is 5.83. The van der Waals surface area contributed by atoms with Crippen LogP contribution < -0.4 is 10.2 Å². The second kappa shape index (κ2) is 7.00. The summed E-state index contributed by atoms with van der Waals surface area (Å²) in [5.41, 5.74) is 1.24. The molecule has 4 heteroatoms. The first-order valence-electron chi connectivity index (χ1n) is 6.38. The molecule has 100 valence electrons. The van der Waals surface area contributed by atoms with Gasteiger partial charge in [0, 0.05) is 25.8 Å². The van der Waals surface area contributed by atoms with E-state index in [2.05, 4.69) is 46.5 Å². The van der Waals surface area contributed by atoms with Gasteiger partial charge in [-0.05, 0) is 30.7 Å². The normalized spacial score (nSPS) is 10.2. The van der Waals surface area contributed by atoms with Crippen LogP contribution in [0.1, 0.15) is 6.42 Å². The lowest BCUT2D eigenvalue weighted by molar-refractivity contribution is 0.814. The fourth-order valence-electron chi connectivity index (χ4n) is 1.85. The lowest BCUT2D eigenvalue weighted by atomic mass is 10.3. The Kier molecular flexibility index (Phi) is 5.04. The van der Waals surface area contributed by atoms with E-state index in [0.29, 0.717) is 5.15 Å². The molecule has 1 heterocycles. The number of para-hydroxylation sites is 1. The molecular formula is C15H18ClN3. The van der Waals surface area contributed by atoms with Crippen molar-refractivity contribution in [3.05, 3.63) is 53.7 Å². The zero-order valence-electron chi connectivity index (χ0n) is 11.0. The maximum absolute atomic E-state index is 5.83. The summed E-state index contributed by atoms with van der Waals surface area (Å²) in [6, 6.07) is 16.0. The molecule has 19 heavy (non-hydrogen) atoms. The van der Waals surface area contributed by atoms with Crippen molar-refractivity contribution in [1.29, 1.82) is 0 Å². The van der Waals surface area contributed by atoms with E-state index in [9.17, 15) is 0 Å². The van der Waals surface area contributed by atoms with Gasteiger partial charge in [-0.2, -0.15) is 0 Å². The van der Waals surface area contributed by atoms with Crippen molar-refractivity contribution in [2.45, 2.75) is 6.42 Å². The summed E-state index contributed by atoms with van der Waals surface area (Å²) in [6.45, 7) is 1.88. The van der Waals surface area contributed by atoms with Gasteiger partial charge in [0.1, 0.15) is 11.0 Å². The second-order valence-corrected chi connectivity index (χ2v) is 4.77. The molecule has 3 nitrogen and oxygen atoms in total. The monoisotopic (exact) mass is 275 g/mol. The van der Waals surface area contributed by atoms with Crippen LogP contribution in [0.4, 0.5) is 11.5 Å². The van der Waals surface area contributed by atoms with Gasteiger partial charge in [-0.3, -0.25) is 0 Å². The van der Waals surface area contributed by atoms with E-state index in [1.54, 1.807) is 6.07 Å². The van der Waals surface area contributed by atoms with Crippen LogP contribution in [0.3, 0.4) is 0 Å². The molecule has 0 spiro atoms. The van der Waals surface area contributed by atoms with Crippen molar-refractivity contribution in [3.8, 4) is 0 Å². The lowest BCUT2D eigenvalue weighted by Gasteiger charge is -2.19. The van der Waals surface area contributed by atoms with Gasteiger partial charge >= 0.3 is 0 Å². The average Bonchev–Trinajstić information content (AvgIpc) is 2.44. The Bertz CT molecular complexity index is 502. The third-order valence-electron chi connectivity index (χ3n) is 2.89. The van der Waals surface area contributed by atoms with Crippen LogP contribution in [-0.4, -0.2) is 25.1 Å². The van der Waals surface area contributed by atoms with E-state index in [1.807, 2.05) is 18.2 Å². The second-order valence-electron chi connectivity index (χ2n) is 4.38. The van der Waals surface area contributed by atoms with E-state index < -0.39 is 0 Å². The molecular weight excluding hydrogens is 258 g/mol. The Hall–Kier alpha value is -1.74. The lowest BCUT2D eigenvalue weighted by Crippen LogP contribution is -2.20. The number of nitrogens with one attached hydrogen (secondary N) is 1. The van der Waals surface area contributed by atoms with Crippen LogP contribution in [0.2, 0.25) is 5.15 Å². The summed E-state index contributed by atoms with van der Waals surface area (Å²) in [4.78, 5) is 6.43. The van der Waals surface area contributed by atoms with Gasteiger partial charge in [-0.25, -0.2) is 4.98 Å². The van der Waals surface area contributed by atoms with Crippen LogP contribution in [0.15, 0.2) is 48.5 Å². The smallest absolute Gasteiger partial charge is 0.131 e. The first-order chi connectivity index (χ1) is 9.25. The van der Waals surface area contributed by atoms with E-state index in [4.69, 9.17) is 11.6 Å². The van der Waals surface area contributed by atoms with Crippen LogP contribution in [-0.2, 0) is 0 Å². The molecule has 2 rings (SSSR count). The van der Waals surface area contributed by atoms with Gasteiger partial charge in [-0.15, -0.1) is 0 Å². The Balaban J connectivity index is 1.72. The van der Waals surface area contributed by atoms with Crippen molar-refractivity contribution in [2.24, 2.45) is 0 Å². The fourth-order valence-corrected chi connectivity index (χ4v) is 2.01. The molecule has 0 saturated carbocycles. The number of benzene rings is 1. The summed E-state index contributed by atoms with van der Waals surface area (Å²) in [5, 5.41) is 3.79.